The molecule has 0 aliphatic carbocycles. The van der Waals surface area contributed by atoms with Crippen molar-refractivity contribution in [1.29, 1.82) is 0 Å². The van der Waals surface area contributed by atoms with Crippen molar-refractivity contribution in [3.63, 3.8) is 0 Å². The van der Waals surface area contributed by atoms with E-state index in [-0.39, 0.29) is 11.7 Å². The number of amides is 1. The summed E-state index contributed by atoms with van der Waals surface area (Å²) in [5.41, 5.74) is 1.11. The molecule has 2 aromatic rings. The zero-order valence-electron chi connectivity index (χ0n) is 12.5. The summed E-state index contributed by atoms with van der Waals surface area (Å²) in [4.78, 5) is 26.3. The summed E-state index contributed by atoms with van der Waals surface area (Å²) in [7, 11) is 0. The highest BCUT2D eigenvalue weighted by Gasteiger charge is 2.15. The van der Waals surface area contributed by atoms with Gasteiger partial charge >= 0.3 is 5.97 Å². The molecule has 1 amide bonds. The molecule has 7 heteroatoms. The van der Waals surface area contributed by atoms with Gasteiger partial charge in [0.25, 0.3) is 5.91 Å². The molecule has 0 spiro atoms. The predicted octanol–water partition coefficient (Wildman–Crippen LogP) is 3.15. The summed E-state index contributed by atoms with van der Waals surface area (Å²) in [6.07, 6.45) is 3.49. The number of aromatic nitrogens is 1. The lowest BCUT2D eigenvalue weighted by atomic mass is 10.2. The van der Waals surface area contributed by atoms with Crippen molar-refractivity contribution in [1.82, 2.24) is 10.3 Å². The summed E-state index contributed by atoms with van der Waals surface area (Å²) < 4.78 is 18.7. The average Bonchev–Trinajstić information content (AvgIpc) is 2.84. The van der Waals surface area contributed by atoms with Gasteiger partial charge in [-0.3, -0.25) is 4.79 Å². The molecule has 2 N–H and O–H groups in total. The first-order valence-corrected chi connectivity index (χ1v) is 8.19. The number of hydrogen-bond acceptors (Lipinski definition) is 3. The first-order valence-electron chi connectivity index (χ1n) is 7.11. The van der Waals surface area contributed by atoms with Crippen molar-refractivity contribution in [3.05, 3.63) is 45.4 Å². The molecular weight excluding hydrogens is 414 g/mol. The lowest BCUT2D eigenvalue weighted by molar-refractivity contribution is -0.137. The molecule has 0 atom stereocenters. The Labute approximate surface area is 146 Å². The molecule has 1 aromatic carbocycles. The minimum Gasteiger partial charge on any atom is -0.463 e. The standard InChI is InChI=1S/C16H16FIN2O3/c1-2-23-13(21)5-3-4-8-19-16(22)15-14(18)11-9-10(17)6-7-12(11)20-15/h3,5-7,9,20H,2,4,8H2,1H3,(H,19,22). The van der Waals surface area contributed by atoms with Crippen molar-refractivity contribution >= 4 is 45.4 Å². The van der Waals surface area contributed by atoms with Crippen LogP contribution >= 0.6 is 22.6 Å². The first kappa shape index (κ1) is 17.5. The highest BCUT2D eigenvalue weighted by Crippen LogP contribution is 2.24. The van der Waals surface area contributed by atoms with Crippen molar-refractivity contribution in [2.24, 2.45) is 0 Å². The first-order chi connectivity index (χ1) is 11.0. The van der Waals surface area contributed by atoms with E-state index in [9.17, 15) is 14.0 Å². The third-order valence-electron chi connectivity index (χ3n) is 3.06. The van der Waals surface area contributed by atoms with Crippen LogP contribution < -0.4 is 5.32 Å². The molecule has 5 nitrogen and oxygen atoms in total. The molecule has 0 unspecified atom stereocenters. The Hall–Kier alpha value is -1.90. The number of fused-ring (bicyclic) bond motifs is 1. The molecule has 1 heterocycles. The Morgan fingerprint density at radius 3 is 2.96 bits per heavy atom. The second kappa shape index (κ2) is 8.09. The molecule has 2 rings (SSSR count). The highest BCUT2D eigenvalue weighted by atomic mass is 127. The average molecular weight is 430 g/mol. The summed E-state index contributed by atoms with van der Waals surface area (Å²) in [6, 6.07) is 4.34. The van der Waals surface area contributed by atoms with Gasteiger partial charge in [-0.15, -0.1) is 0 Å². The molecule has 0 bridgehead atoms. The molecular formula is C16H16FIN2O3. The van der Waals surface area contributed by atoms with Gasteiger partial charge in [-0.2, -0.15) is 0 Å². The Kier molecular flexibility index (Phi) is 6.14. The van der Waals surface area contributed by atoms with Crippen molar-refractivity contribution in [3.8, 4) is 0 Å². The minimum atomic E-state index is -0.397. The van der Waals surface area contributed by atoms with Crippen LogP contribution in [0.3, 0.4) is 0 Å². The van der Waals surface area contributed by atoms with Crippen LogP contribution in [0.2, 0.25) is 0 Å². The summed E-state index contributed by atoms with van der Waals surface area (Å²) >= 11 is 2.02. The number of nitrogens with one attached hydrogen (secondary N) is 2. The van der Waals surface area contributed by atoms with Gasteiger partial charge in [0, 0.05) is 23.5 Å². The molecule has 1 aromatic heterocycles. The van der Waals surface area contributed by atoms with Crippen molar-refractivity contribution in [2.75, 3.05) is 13.2 Å². The number of carbonyl (C=O) groups excluding carboxylic acids is 2. The second-order valence-electron chi connectivity index (χ2n) is 4.70. The molecule has 0 radical (unpaired) electrons. The predicted molar refractivity (Wildman–Crippen MR) is 93.7 cm³/mol. The van der Waals surface area contributed by atoms with Crippen LogP contribution in [0.1, 0.15) is 23.8 Å². The zero-order valence-corrected chi connectivity index (χ0v) is 14.6. The number of halogens is 2. The lowest BCUT2D eigenvalue weighted by Gasteiger charge is -2.02. The van der Waals surface area contributed by atoms with Crippen LogP contribution in [0.4, 0.5) is 4.39 Å². The van der Waals surface area contributed by atoms with Crippen LogP contribution in [0.5, 0.6) is 0 Å². The van der Waals surface area contributed by atoms with Gasteiger partial charge in [0.05, 0.1) is 10.2 Å². The molecule has 0 fully saturated rings. The maximum atomic E-state index is 13.3. The number of ether oxygens (including phenoxy) is 1. The molecule has 122 valence electrons. The van der Waals surface area contributed by atoms with Gasteiger partial charge in [0.15, 0.2) is 0 Å². The molecule has 0 aliphatic heterocycles. The Morgan fingerprint density at radius 1 is 1.43 bits per heavy atom. The normalized spacial score (nSPS) is 11.1. The van der Waals surface area contributed by atoms with E-state index in [1.165, 1.54) is 18.2 Å². The molecule has 0 aliphatic rings. The number of hydrogen-bond donors (Lipinski definition) is 2. The lowest BCUT2D eigenvalue weighted by Crippen LogP contribution is -2.25. The number of benzene rings is 1. The third kappa shape index (κ3) is 4.54. The quantitative estimate of drug-likeness (QED) is 0.320. The molecule has 0 saturated heterocycles. The Morgan fingerprint density at radius 2 is 2.22 bits per heavy atom. The van der Waals surface area contributed by atoms with Crippen LogP contribution in [0.25, 0.3) is 10.9 Å². The van der Waals surface area contributed by atoms with Crippen molar-refractivity contribution in [2.45, 2.75) is 13.3 Å². The summed E-state index contributed by atoms with van der Waals surface area (Å²) in [5.74, 6) is -1.01. The summed E-state index contributed by atoms with van der Waals surface area (Å²) in [5, 5.41) is 3.43. The fourth-order valence-corrected chi connectivity index (χ4v) is 2.84. The largest absolute Gasteiger partial charge is 0.463 e. The van der Waals surface area contributed by atoms with Crippen LogP contribution in [-0.4, -0.2) is 30.0 Å². The van der Waals surface area contributed by atoms with Crippen LogP contribution in [0, 0.1) is 9.39 Å². The van der Waals surface area contributed by atoms with Crippen molar-refractivity contribution < 1.29 is 18.7 Å². The number of aromatic amines is 1. The van der Waals surface area contributed by atoms with Crippen LogP contribution in [0.15, 0.2) is 30.4 Å². The van der Waals surface area contributed by atoms with E-state index in [2.05, 4.69) is 10.3 Å². The fourth-order valence-electron chi connectivity index (χ4n) is 2.02. The monoisotopic (exact) mass is 430 g/mol. The maximum absolute atomic E-state index is 13.3. The highest BCUT2D eigenvalue weighted by molar-refractivity contribution is 14.1. The zero-order chi connectivity index (χ0) is 16.8. The van der Waals surface area contributed by atoms with Gasteiger partial charge in [-0.25, -0.2) is 9.18 Å². The van der Waals surface area contributed by atoms with Gasteiger partial charge in [0.2, 0.25) is 0 Å². The van der Waals surface area contributed by atoms with Gasteiger partial charge in [-0.05, 0) is 54.1 Å². The van der Waals surface area contributed by atoms with E-state index in [1.54, 1.807) is 19.1 Å². The third-order valence-corrected chi connectivity index (χ3v) is 4.18. The van der Waals surface area contributed by atoms with E-state index in [1.807, 2.05) is 22.6 Å². The maximum Gasteiger partial charge on any atom is 0.330 e. The summed E-state index contributed by atoms with van der Waals surface area (Å²) in [6.45, 7) is 2.45. The molecule has 0 saturated carbocycles. The van der Waals surface area contributed by atoms with E-state index >= 15 is 0 Å². The fraction of sp³-hybridized carbons (Fsp3) is 0.250. The topological polar surface area (TPSA) is 71.2 Å². The number of esters is 1. The smallest absolute Gasteiger partial charge is 0.330 e. The number of carbonyl (C=O) groups is 2. The van der Waals surface area contributed by atoms with E-state index in [0.29, 0.717) is 39.7 Å². The van der Waals surface area contributed by atoms with Crippen LogP contribution in [-0.2, 0) is 9.53 Å². The van der Waals surface area contributed by atoms with Gasteiger partial charge in [-0.1, -0.05) is 6.08 Å². The SMILES string of the molecule is CCOC(=O)C=CCCNC(=O)c1[nH]c2ccc(F)cc2c1I. The Bertz CT molecular complexity index is 755. The van der Waals surface area contributed by atoms with Gasteiger partial charge < -0.3 is 15.0 Å². The van der Waals surface area contributed by atoms with E-state index < -0.39 is 5.97 Å². The van der Waals surface area contributed by atoms with E-state index in [4.69, 9.17) is 4.74 Å². The number of rotatable bonds is 6. The van der Waals surface area contributed by atoms with E-state index in [0.717, 1.165) is 0 Å². The van der Waals surface area contributed by atoms with Gasteiger partial charge in [0.1, 0.15) is 11.5 Å². The number of H-pyrrole nitrogens is 1. The minimum absolute atomic E-state index is 0.268. The molecule has 23 heavy (non-hydrogen) atoms. The second-order valence-corrected chi connectivity index (χ2v) is 5.78. The Balaban J connectivity index is 1.94.